The first-order valence-electron chi connectivity index (χ1n) is 5.99. The number of halogens is 6. The van der Waals surface area contributed by atoms with Crippen LogP contribution < -0.4 is 4.57 Å². The van der Waals surface area contributed by atoms with E-state index < -0.39 is 0 Å². The minimum Gasteiger partial charge on any atom is -0.167 e. The van der Waals surface area contributed by atoms with Crippen molar-refractivity contribution < 1.29 is 4.57 Å². The van der Waals surface area contributed by atoms with Gasteiger partial charge in [0, 0.05) is 17.7 Å². The highest BCUT2D eigenvalue weighted by atomic mass is 35.5. The maximum atomic E-state index is 6.34. The molecule has 0 saturated carbocycles. The molecule has 3 aromatic rings. The lowest BCUT2D eigenvalue weighted by Crippen LogP contribution is -2.34. The highest BCUT2D eigenvalue weighted by Crippen LogP contribution is 2.44. The first-order valence-corrected chi connectivity index (χ1v) is 9.07. The van der Waals surface area contributed by atoms with Gasteiger partial charge < -0.3 is 0 Å². The van der Waals surface area contributed by atoms with Crippen LogP contribution in [0, 0.1) is 0 Å². The van der Waals surface area contributed by atoms with Crippen molar-refractivity contribution in [1.29, 1.82) is 0 Å². The van der Waals surface area contributed by atoms with E-state index in [0.29, 0.717) is 16.6 Å². The summed E-state index contributed by atoms with van der Waals surface area (Å²) >= 11 is 38.6. The molecule has 1 nitrogen and oxygen atoms in total. The van der Waals surface area contributed by atoms with Crippen molar-refractivity contribution in [1.82, 2.24) is 0 Å². The van der Waals surface area contributed by atoms with E-state index in [1.54, 1.807) is 0 Å². The van der Waals surface area contributed by atoms with E-state index >= 15 is 0 Å². The molecule has 0 radical (unpaired) electrons. The number of hydrogen-bond donors (Lipinski definition) is 0. The van der Waals surface area contributed by atoms with Crippen LogP contribution in [0.25, 0.3) is 10.2 Å². The van der Waals surface area contributed by atoms with Crippen LogP contribution in [0.4, 0.5) is 0 Å². The number of para-hydroxylation sites is 1. The van der Waals surface area contributed by atoms with E-state index in [0.717, 1.165) is 10.2 Å². The predicted molar refractivity (Wildman–Crippen MR) is 97.6 cm³/mol. The smallest absolute Gasteiger partial charge is 0.167 e. The second-order valence-corrected chi connectivity index (χ2v) is 7.96. The van der Waals surface area contributed by atoms with Gasteiger partial charge in [0.05, 0.1) is 30.7 Å². The Hall–Kier alpha value is 0.0700. The van der Waals surface area contributed by atoms with Gasteiger partial charge in [0.15, 0.2) is 6.54 Å². The molecule has 0 unspecified atom stereocenters. The number of rotatable bonds is 2. The van der Waals surface area contributed by atoms with Gasteiger partial charge in [0.25, 0.3) is 0 Å². The lowest BCUT2D eigenvalue weighted by molar-refractivity contribution is -0.655. The molecule has 0 bridgehead atoms. The molecule has 1 aromatic heterocycles. The Balaban J connectivity index is 2.20. The second kappa shape index (κ2) is 6.52. The summed E-state index contributed by atoms with van der Waals surface area (Å²) in [6.45, 7) is 0.344. The molecule has 0 aliphatic heterocycles. The third-order valence-corrected chi connectivity index (χ3v) is 6.92. The summed E-state index contributed by atoms with van der Waals surface area (Å²) in [5, 5.41) is 1.07. The monoisotopic (exact) mass is 430 g/mol. The highest BCUT2D eigenvalue weighted by Gasteiger charge is 2.25. The van der Waals surface area contributed by atoms with E-state index in [1.807, 2.05) is 28.8 Å². The molecular formula is C14H6Cl6NS+. The number of hydrogen-bond acceptors (Lipinski definition) is 1. The second-order valence-electron chi connectivity index (χ2n) is 4.46. The summed E-state index contributed by atoms with van der Waals surface area (Å²) in [7, 11) is 0. The number of benzene rings is 2. The topological polar surface area (TPSA) is 3.88 Å². The Bertz CT molecular complexity index is 860. The van der Waals surface area contributed by atoms with Crippen LogP contribution in [0.3, 0.4) is 0 Å². The summed E-state index contributed by atoms with van der Waals surface area (Å²) < 4.78 is 3.57. The van der Waals surface area contributed by atoms with Crippen molar-refractivity contribution in [3.8, 4) is 0 Å². The molecule has 0 aliphatic rings. The van der Waals surface area contributed by atoms with Crippen LogP contribution in [0.15, 0.2) is 24.3 Å². The Morgan fingerprint density at radius 3 is 1.95 bits per heavy atom. The molecule has 22 heavy (non-hydrogen) atoms. The fraction of sp³-hybridized carbons (Fsp3) is 0.0714. The van der Waals surface area contributed by atoms with E-state index in [9.17, 15) is 0 Å². The Morgan fingerprint density at radius 2 is 1.32 bits per heavy atom. The fourth-order valence-corrected chi connectivity index (χ4v) is 4.68. The molecule has 8 heteroatoms. The van der Waals surface area contributed by atoms with Crippen LogP contribution in [0.2, 0.25) is 29.6 Å². The van der Waals surface area contributed by atoms with Gasteiger partial charge in [-0.3, -0.25) is 0 Å². The third kappa shape index (κ3) is 2.80. The number of nitrogens with zero attached hydrogens (tertiary/aromatic N) is 1. The van der Waals surface area contributed by atoms with Crippen molar-refractivity contribution in [2.24, 2.45) is 0 Å². The molecule has 0 spiro atoms. The van der Waals surface area contributed by atoms with Crippen LogP contribution >= 0.6 is 80.9 Å². The summed E-state index contributed by atoms with van der Waals surface area (Å²) in [6, 6.07) is 7.86. The first kappa shape index (κ1) is 16.9. The minimum atomic E-state index is 0.147. The van der Waals surface area contributed by atoms with Crippen molar-refractivity contribution in [2.75, 3.05) is 0 Å². The van der Waals surface area contributed by atoms with Crippen LogP contribution in [-0.4, -0.2) is 0 Å². The van der Waals surface area contributed by atoms with Gasteiger partial charge in [-0.2, -0.15) is 4.57 Å². The van der Waals surface area contributed by atoms with Crippen molar-refractivity contribution in [2.45, 2.75) is 6.54 Å². The van der Waals surface area contributed by atoms with Crippen LogP contribution in [-0.2, 0) is 6.54 Å². The van der Waals surface area contributed by atoms with Crippen LogP contribution in [0.1, 0.15) is 5.56 Å². The molecular weight excluding hydrogens is 427 g/mol. The largest absolute Gasteiger partial charge is 0.334 e. The first-order chi connectivity index (χ1) is 10.4. The van der Waals surface area contributed by atoms with Gasteiger partial charge in [-0.05, 0) is 17.4 Å². The average Bonchev–Trinajstić information content (AvgIpc) is 2.83. The predicted octanol–water partition coefficient (Wildman–Crippen LogP) is 7.16. The zero-order valence-corrected chi connectivity index (χ0v) is 16.0. The molecule has 0 amide bonds. The molecule has 0 saturated heterocycles. The standard InChI is InChI=1S/C14H6Cl6NS/c15-9-6(10(16)12(18)13(19)11(9)17)5-21-7-3-1-2-4-8(7)22-14(21)20/h1-4H,5H2/q+1. The Kier molecular flexibility index (Phi) is 5.01. The zero-order chi connectivity index (χ0) is 16.0. The van der Waals surface area contributed by atoms with Gasteiger partial charge >= 0.3 is 4.47 Å². The van der Waals surface area contributed by atoms with Crippen LogP contribution in [0.5, 0.6) is 0 Å². The van der Waals surface area contributed by atoms with E-state index in [4.69, 9.17) is 69.6 Å². The zero-order valence-electron chi connectivity index (χ0n) is 10.6. The van der Waals surface area contributed by atoms with Gasteiger partial charge in [-0.25, -0.2) is 0 Å². The molecule has 114 valence electrons. The quantitative estimate of drug-likeness (QED) is 0.230. The Labute approximate surface area is 160 Å². The maximum absolute atomic E-state index is 6.34. The molecule has 0 aliphatic carbocycles. The third-order valence-electron chi connectivity index (χ3n) is 3.18. The van der Waals surface area contributed by atoms with Crippen molar-refractivity contribution in [3.05, 3.63) is 59.4 Å². The van der Waals surface area contributed by atoms with Gasteiger partial charge in [-0.15, -0.1) is 0 Å². The molecule has 0 atom stereocenters. The van der Waals surface area contributed by atoms with E-state index in [1.165, 1.54) is 11.3 Å². The number of aromatic nitrogens is 1. The average molecular weight is 433 g/mol. The van der Waals surface area contributed by atoms with Gasteiger partial charge in [-0.1, -0.05) is 70.1 Å². The fourth-order valence-electron chi connectivity index (χ4n) is 2.10. The molecule has 2 aromatic carbocycles. The van der Waals surface area contributed by atoms with Gasteiger partial charge in [0.1, 0.15) is 4.70 Å². The summed E-state index contributed by atoms with van der Waals surface area (Å²) in [4.78, 5) is 0. The van der Waals surface area contributed by atoms with E-state index in [-0.39, 0.29) is 25.1 Å². The summed E-state index contributed by atoms with van der Waals surface area (Å²) in [6.07, 6.45) is 0. The molecule has 0 N–H and O–H groups in total. The lowest BCUT2D eigenvalue weighted by atomic mass is 10.2. The maximum Gasteiger partial charge on any atom is 0.334 e. The molecule has 3 rings (SSSR count). The summed E-state index contributed by atoms with van der Waals surface area (Å²) in [5.74, 6) is 0. The minimum absolute atomic E-state index is 0.147. The highest BCUT2D eigenvalue weighted by molar-refractivity contribution is 7.21. The summed E-state index contributed by atoms with van der Waals surface area (Å²) in [5.41, 5.74) is 1.56. The van der Waals surface area contributed by atoms with Gasteiger partial charge in [0.2, 0.25) is 5.52 Å². The number of thiazole rings is 1. The normalized spacial score (nSPS) is 11.4. The number of fused-ring (bicyclic) bond motifs is 1. The lowest BCUT2D eigenvalue weighted by Gasteiger charge is -2.10. The SMILES string of the molecule is Clc1c(Cl)c(Cl)c(C[n+]2c(Cl)sc3ccccc32)c(Cl)c1Cl. The Morgan fingerprint density at radius 1 is 0.773 bits per heavy atom. The molecule has 0 fully saturated rings. The van der Waals surface area contributed by atoms with E-state index in [2.05, 4.69) is 0 Å². The van der Waals surface area contributed by atoms with Crippen molar-refractivity contribution >= 4 is 91.2 Å². The molecule has 1 heterocycles. The van der Waals surface area contributed by atoms with Crippen molar-refractivity contribution in [3.63, 3.8) is 0 Å².